The molecule has 3 N–H and O–H groups in total. The van der Waals surface area contributed by atoms with Gasteiger partial charge in [-0.25, -0.2) is 0 Å². The highest BCUT2D eigenvalue weighted by molar-refractivity contribution is 5.66. The molecule has 1 aliphatic heterocycles. The number of ether oxygens (including phenoxy) is 1. The minimum absolute atomic E-state index is 0.0550. The molecule has 0 spiro atoms. The molecule has 1 aromatic rings. The molecule has 1 aliphatic rings. The molecule has 0 bridgehead atoms. The van der Waals surface area contributed by atoms with Crippen molar-refractivity contribution >= 4 is 17.1 Å². The summed E-state index contributed by atoms with van der Waals surface area (Å²) in [5.74, 6) is 0.412. The van der Waals surface area contributed by atoms with E-state index in [-0.39, 0.29) is 11.4 Å². The Morgan fingerprint density at radius 3 is 2.94 bits per heavy atom. The van der Waals surface area contributed by atoms with Crippen molar-refractivity contribution in [2.75, 3.05) is 24.3 Å². The van der Waals surface area contributed by atoms with Crippen molar-refractivity contribution in [2.45, 2.75) is 19.4 Å². The Kier molecular flexibility index (Phi) is 3.66. The molecule has 0 amide bonds. The summed E-state index contributed by atoms with van der Waals surface area (Å²) in [6, 6.07) is 5.05. The Morgan fingerprint density at radius 1 is 1.56 bits per heavy atom. The molecule has 1 aromatic carbocycles. The highest BCUT2D eigenvalue weighted by Crippen LogP contribution is 2.26. The van der Waals surface area contributed by atoms with Crippen LogP contribution in [0.25, 0.3) is 0 Å². The number of nitro benzene ring substituents is 1. The van der Waals surface area contributed by atoms with Crippen LogP contribution >= 0.6 is 0 Å². The third kappa shape index (κ3) is 2.70. The number of nitrogens with two attached hydrogens (primary N) is 1. The first kappa shape index (κ1) is 12.6. The van der Waals surface area contributed by atoms with Crippen LogP contribution in [0.2, 0.25) is 0 Å². The molecule has 18 heavy (non-hydrogen) atoms. The van der Waals surface area contributed by atoms with E-state index in [1.54, 1.807) is 12.1 Å². The quantitative estimate of drug-likeness (QED) is 0.487. The second kappa shape index (κ2) is 5.22. The predicted octanol–water partition coefficient (Wildman–Crippen LogP) is 2.01. The molecule has 1 heterocycles. The van der Waals surface area contributed by atoms with Crippen LogP contribution in [0.15, 0.2) is 18.2 Å². The topological polar surface area (TPSA) is 90.4 Å². The Labute approximate surface area is 105 Å². The van der Waals surface area contributed by atoms with E-state index < -0.39 is 4.92 Å². The molecule has 1 saturated heterocycles. The summed E-state index contributed by atoms with van der Waals surface area (Å²) in [4.78, 5) is 10.2. The lowest BCUT2D eigenvalue weighted by Gasteiger charge is -2.30. The van der Waals surface area contributed by atoms with Gasteiger partial charge in [0.15, 0.2) is 0 Å². The van der Waals surface area contributed by atoms with Gasteiger partial charge < -0.3 is 15.8 Å². The van der Waals surface area contributed by atoms with Crippen LogP contribution in [0.3, 0.4) is 0 Å². The van der Waals surface area contributed by atoms with Gasteiger partial charge in [0.25, 0.3) is 5.69 Å². The number of nitro groups is 1. The zero-order valence-corrected chi connectivity index (χ0v) is 10.3. The lowest BCUT2D eigenvalue weighted by molar-refractivity contribution is -0.383. The van der Waals surface area contributed by atoms with E-state index in [0.29, 0.717) is 12.0 Å². The Bertz CT molecular complexity index is 450. The normalized spacial score (nSPS) is 23.6. The molecule has 1 fully saturated rings. The van der Waals surface area contributed by atoms with Gasteiger partial charge in [0.1, 0.15) is 5.69 Å². The maximum atomic E-state index is 10.7. The summed E-state index contributed by atoms with van der Waals surface area (Å²) in [6.45, 7) is 3.59. The van der Waals surface area contributed by atoms with Crippen LogP contribution in [-0.4, -0.2) is 24.2 Å². The van der Waals surface area contributed by atoms with Crippen LogP contribution in [0.1, 0.15) is 13.3 Å². The van der Waals surface area contributed by atoms with E-state index >= 15 is 0 Å². The van der Waals surface area contributed by atoms with Gasteiger partial charge in [0.05, 0.1) is 11.5 Å². The monoisotopic (exact) mass is 251 g/mol. The van der Waals surface area contributed by atoms with Crippen LogP contribution in [0.5, 0.6) is 0 Å². The molecule has 0 aliphatic carbocycles. The SMILES string of the molecule is CC1COCCC1Nc1ccc([N+](=O)[O-])c(N)c1. The fourth-order valence-electron chi connectivity index (χ4n) is 2.12. The van der Waals surface area contributed by atoms with Gasteiger partial charge in [-0.2, -0.15) is 0 Å². The number of rotatable bonds is 3. The van der Waals surface area contributed by atoms with Crippen molar-refractivity contribution in [3.8, 4) is 0 Å². The fraction of sp³-hybridized carbons (Fsp3) is 0.500. The molecule has 2 rings (SSSR count). The zero-order chi connectivity index (χ0) is 13.1. The van der Waals surface area contributed by atoms with Crippen molar-refractivity contribution in [1.29, 1.82) is 0 Å². The lowest BCUT2D eigenvalue weighted by Crippen LogP contribution is -2.35. The smallest absolute Gasteiger partial charge is 0.292 e. The van der Waals surface area contributed by atoms with Crippen molar-refractivity contribution in [3.63, 3.8) is 0 Å². The predicted molar refractivity (Wildman–Crippen MR) is 69.5 cm³/mol. The second-order valence-electron chi connectivity index (χ2n) is 4.62. The van der Waals surface area contributed by atoms with E-state index in [4.69, 9.17) is 10.5 Å². The minimum Gasteiger partial charge on any atom is -0.393 e. The number of anilines is 2. The fourth-order valence-corrected chi connectivity index (χ4v) is 2.12. The van der Waals surface area contributed by atoms with E-state index in [2.05, 4.69) is 12.2 Å². The van der Waals surface area contributed by atoms with E-state index in [1.165, 1.54) is 6.07 Å². The molecule has 2 atom stereocenters. The number of nitrogen functional groups attached to an aromatic ring is 1. The third-order valence-electron chi connectivity index (χ3n) is 3.22. The van der Waals surface area contributed by atoms with Crippen LogP contribution in [0.4, 0.5) is 17.1 Å². The zero-order valence-electron chi connectivity index (χ0n) is 10.3. The minimum atomic E-state index is -0.476. The first-order valence-corrected chi connectivity index (χ1v) is 5.96. The molecule has 2 unspecified atom stereocenters. The van der Waals surface area contributed by atoms with Crippen molar-refractivity contribution in [3.05, 3.63) is 28.3 Å². The van der Waals surface area contributed by atoms with Gasteiger partial charge in [-0.1, -0.05) is 6.92 Å². The molecule has 0 saturated carbocycles. The van der Waals surface area contributed by atoms with Crippen molar-refractivity contribution < 1.29 is 9.66 Å². The van der Waals surface area contributed by atoms with Crippen molar-refractivity contribution in [2.24, 2.45) is 5.92 Å². The van der Waals surface area contributed by atoms with Gasteiger partial charge in [0, 0.05) is 24.4 Å². The van der Waals surface area contributed by atoms with Gasteiger partial charge >= 0.3 is 0 Å². The number of hydrogen-bond donors (Lipinski definition) is 2. The maximum absolute atomic E-state index is 10.7. The second-order valence-corrected chi connectivity index (χ2v) is 4.62. The van der Waals surface area contributed by atoms with Crippen molar-refractivity contribution in [1.82, 2.24) is 0 Å². The summed E-state index contributed by atoms with van der Waals surface area (Å²) in [7, 11) is 0. The molecule has 0 aromatic heterocycles. The molecule has 6 heteroatoms. The van der Waals surface area contributed by atoms with Gasteiger partial charge in [-0.05, 0) is 24.5 Å². The lowest BCUT2D eigenvalue weighted by atomic mass is 9.97. The average molecular weight is 251 g/mol. The average Bonchev–Trinajstić information content (AvgIpc) is 2.32. The maximum Gasteiger partial charge on any atom is 0.292 e. The summed E-state index contributed by atoms with van der Waals surface area (Å²) in [5.41, 5.74) is 6.60. The Hall–Kier alpha value is -1.82. The van der Waals surface area contributed by atoms with Gasteiger partial charge in [-0.15, -0.1) is 0 Å². The molecular weight excluding hydrogens is 234 g/mol. The first-order chi connectivity index (χ1) is 8.58. The summed E-state index contributed by atoms with van der Waals surface area (Å²) >= 11 is 0. The van der Waals surface area contributed by atoms with E-state index in [1.807, 2.05) is 0 Å². The van der Waals surface area contributed by atoms with E-state index in [9.17, 15) is 10.1 Å². The summed E-state index contributed by atoms with van der Waals surface area (Å²) in [6.07, 6.45) is 0.929. The van der Waals surface area contributed by atoms with Crippen LogP contribution in [0, 0.1) is 16.0 Å². The molecule has 0 radical (unpaired) electrons. The number of nitrogens with one attached hydrogen (secondary N) is 1. The molecular formula is C12H17N3O3. The van der Waals surface area contributed by atoms with Crippen LogP contribution in [-0.2, 0) is 4.74 Å². The standard InChI is InChI=1S/C12H17N3O3/c1-8-7-18-5-4-11(8)14-9-2-3-12(15(16)17)10(13)6-9/h2-3,6,8,11,14H,4-5,7,13H2,1H3. The summed E-state index contributed by atoms with van der Waals surface area (Å²) < 4.78 is 5.37. The number of nitrogens with zero attached hydrogens (tertiary/aromatic N) is 1. The Morgan fingerprint density at radius 2 is 2.33 bits per heavy atom. The first-order valence-electron chi connectivity index (χ1n) is 5.96. The highest BCUT2D eigenvalue weighted by atomic mass is 16.6. The summed E-state index contributed by atoms with van der Waals surface area (Å²) in [5, 5.41) is 14.0. The largest absolute Gasteiger partial charge is 0.393 e. The van der Waals surface area contributed by atoms with E-state index in [0.717, 1.165) is 25.3 Å². The Balaban J connectivity index is 2.10. The van der Waals surface area contributed by atoms with Gasteiger partial charge in [0.2, 0.25) is 0 Å². The van der Waals surface area contributed by atoms with Gasteiger partial charge in [-0.3, -0.25) is 10.1 Å². The highest BCUT2D eigenvalue weighted by Gasteiger charge is 2.22. The number of benzene rings is 1. The molecule has 98 valence electrons. The number of hydrogen-bond acceptors (Lipinski definition) is 5. The van der Waals surface area contributed by atoms with Crippen LogP contribution < -0.4 is 11.1 Å². The third-order valence-corrected chi connectivity index (χ3v) is 3.22. The molecule has 6 nitrogen and oxygen atoms in total.